The maximum Gasteiger partial charge on any atom is 0.251 e. The van der Waals surface area contributed by atoms with Crippen molar-refractivity contribution in [2.45, 2.75) is 19.6 Å². The number of aromatic nitrogens is 4. The smallest absolute Gasteiger partial charge is 0.251 e. The number of carbonyl (C=O) groups excluding carboxylic acids is 1. The molecular weight excluding hydrogens is 364 g/mol. The van der Waals surface area contributed by atoms with Crippen molar-refractivity contribution in [1.82, 2.24) is 30.0 Å². The highest BCUT2D eigenvalue weighted by Crippen LogP contribution is 2.34. The van der Waals surface area contributed by atoms with Gasteiger partial charge in [0.2, 0.25) is 0 Å². The third kappa shape index (κ3) is 2.51. The molecule has 3 aromatic heterocycles. The van der Waals surface area contributed by atoms with Crippen LogP contribution in [0.3, 0.4) is 0 Å². The second-order valence-electron chi connectivity index (χ2n) is 7.84. The van der Waals surface area contributed by atoms with Crippen molar-refractivity contribution in [2.75, 3.05) is 13.6 Å². The van der Waals surface area contributed by atoms with Gasteiger partial charge >= 0.3 is 0 Å². The first-order chi connectivity index (χ1) is 14.2. The monoisotopic (exact) mass is 384 g/mol. The quantitative estimate of drug-likeness (QED) is 0.557. The molecule has 29 heavy (non-hydrogen) atoms. The summed E-state index contributed by atoms with van der Waals surface area (Å²) in [6.45, 7) is 3.41. The molecule has 5 heterocycles. The number of aromatic amines is 1. The van der Waals surface area contributed by atoms with Crippen molar-refractivity contribution in [3.63, 3.8) is 0 Å². The fraction of sp³-hybridized carbons (Fsp3) is 0.227. The van der Waals surface area contributed by atoms with Crippen LogP contribution in [0.4, 0.5) is 0 Å². The van der Waals surface area contributed by atoms with Crippen molar-refractivity contribution < 1.29 is 4.79 Å². The second kappa shape index (κ2) is 6.02. The molecule has 2 aliphatic heterocycles. The lowest BCUT2D eigenvalue weighted by molar-refractivity contribution is 0.0966. The maximum absolute atomic E-state index is 11.9. The minimum Gasteiger partial charge on any atom is -0.348 e. The summed E-state index contributed by atoms with van der Waals surface area (Å²) in [5.74, 6) is 0.00498. The molecule has 0 unspecified atom stereocenters. The van der Waals surface area contributed by atoms with Crippen LogP contribution in [0.2, 0.25) is 0 Å². The molecule has 1 amide bonds. The lowest BCUT2D eigenvalue weighted by atomic mass is 9.99. The number of likely N-dealkylation sites (N-methyl/N-ethyl adjacent to an activating group) is 1. The average molecular weight is 384 g/mol. The zero-order valence-electron chi connectivity index (χ0n) is 16.1. The lowest BCUT2D eigenvalue weighted by Crippen LogP contribution is -2.30. The highest BCUT2D eigenvalue weighted by atomic mass is 16.1. The number of nitrogens with one attached hydrogen (secondary N) is 2. The van der Waals surface area contributed by atoms with E-state index < -0.39 is 0 Å². The maximum atomic E-state index is 11.9. The number of benzene rings is 1. The Kier molecular flexibility index (Phi) is 3.43. The first-order valence-electron chi connectivity index (χ1n) is 9.79. The second-order valence-corrected chi connectivity index (χ2v) is 7.84. The Balaban J connectivity index is 1.47. The minimum absolute atomic E-state index is 0.00498. The van der Waals surface area contributed by atoms with E-state index in [-0.39, 0.29) is 5.91 Å². The summed E-state index contributed by atoms with van der Waals surface area (Å²) in [5.41, 5.74) is 8.30. The molecule has 7 nitrogen and oxygen atoms in total. The van der Waals surface area contributed by atoms with E-state index in [9.17, 15) is 4.79 Å². The van der Waals surface area contributed by atoms with Gasteiger partial charge < -0.3 is 10.3 Å². The van der Waals surface area contributed by atoms with E-state index in [1.165, 1.54) is 5.69 Å². The third-order valence-corrected chi connectivity index (χ3v) is 6.00. The summed E-state index contributed by atoms with van der Waals surface area (Å²) in [4.78, 5) is 22.1. The number of rotatable bonds is 2. The van der Waals surface area contributed by atoms with Gasteiger partial charge in [0.1, 0.15) is 5.65 Å². The molecule has 0 saturated heterocycles. The van der Waals surface area contributed by atoms with Crippen LogP contribution in [0.15, 0.2) is 42.9 Å². The van der Waals surface area contributed by atoms with Crippen LogP contribution in [0.5, 0.6) is 0 Å². The van der Waals surface area contributed by atoms with Gasteiger partial charge in [0.15, 0.2) is 0 Å². The van der Waals surface area contributed by atoms with Crippen LogP contribution < -0.4 is 5.32 Å². The van der Waals surface area contributed by atoms with E-state index in [0.717, 1.165) is 64.0 Å². The van der Waals surface area contributed by atoms with Crippen molar-refractivity contribution in [3.05, 3.63) is 59.7 Å². The first-order valence-corrected chi connectivity index (χ1v) is 9.79. The van der Waals surface area contributed by atoms with E-state index in [4.69, 9.17) is 0 Å². The van der Waals surface area contributed by atoms with Crippen LogP contribution in [0.25, 0.3) is 33.3 Å². The Bertz CT molecular complexity index is 1280. The molecule has 4 aromatic rings. The molecule has 0 aliphatic carbocycles. The molecule has 1 aromatic carbocycles. The minimum atomic E-state index is 0.00498. The van der Waals surface area contributed by atoms with Crippen molar-refractivity contribution in [3.8, 4) is 22.3 Å². The normalized spacial score (nSPS) is 16.1. The molecule has 7 heteroatoms. The van der Waals surface area contributed by atoms with Crippen molar-refractivity contribution in [1.29, 1.82) is 0 Å². The Morgan fingerprint density at radius 1 is 1.03 bits per heavy atom. The predicted octanol–water partition coefficient (Wildman–Crippen LogP) is 2.78. The van der Waals surface area contributed by atoms with Gasteiger partial charge in [-0.1, -0.05) is 6.07 Å². The summed E-state index contributed by atoms with van der Waals surface area (Å²) in [6.07, 6.45) is 5.87. The van der Waals surface area contributed by atoms with Crippen LogP contribution in [0, 0.1) is 0 Å². The van der Waals surface area contributed by atoms with Gasteiger partial charge in [-0.2, -0.15) is 5.10 Å². The molecule has 0 radical (unpaired) electrons. The van der Waals surface area contributed by atoms with Crippen LogP contribution in [0.1, 0.15) is 21.6 Å². The molecular formula is C22H20N6O. The number of pyridine rings is 1. The van der Waals surface area contributed by atoms with Gasteiger partial charge in [0, 0.05) is 59.7 Å². The Labute approximate surface area is 167 Å². The van der Waals surface area contributed by atoms with Gasteiger partial charge in [0.05, 0.1) is 18.4 Å². The van der Waals surface area contributed by atoms with Crippen LogP contribution >= 0.6 is 0 Å². The van der Waals surface area contributed by atoms with Gasteiger partial charge in [-0.05, 0) is 36.4 Å². The SMILES string of the molecule is CN1CCn2ncc(-c3cnc4[nH]cc(-c5ccc6c(c5)CNC6=O)c4c3)c2C1. The number of fused-ring (bicyclic) bond motifs is 3. The molecule has 0 saturated carbocycles. The zero-order valence-corrected chi connectivity index (χ0v) is 16.1. The summed E-state index contributed by atoms with van der Waals surface area (Å²) in [6, 6.07) is 8.21. The van der Waals surface area contributed by atoms with E-state index in [0.29, 0.717) is 6.54 Å². The Morgan fingerprint density at radius 3 is 2.90 bits per heavy atom. The fourth-order valence-electron chi connectivity index (χ4n) is 4.40. The topological polar surface area (TPSA) is 78.8 Å². The number of nitrogens with zero attached hydrogens (tertiary/aromatic N) is 4. The predicted molar refractivity (Wildman–Crippen MR) is 110 cm³/mol. The van der Waals surface area contributed by atoms with E-state index in [1.807, 2.05) is 30.7 Å². The number of hydrogen-bond acceptors (Lipinski definition) is 4. The van der Waals surface area contributed by atoms with Crippen LogP contribution in [-0.4, -0.2) is 44.1 Å². The van der Waals surface area contributed by atoms with Gasteiger partial charge in [-0.15, -0.1) is 0 Å². The highest BCUT2D eigenvalue weighted by molar-refractivity contribution is 6.00. The first kappa shape index (κ1) is 16.5. The number of amides is 1. The molecule has 144 valence electrons. The summed E-state index contributed by atoms with van der Waals surface area (Å²) >= 11 is 0. The average Bonchev–Trinajstić information content (AvgIpc) is 3.44. The number of H-pyrrole nitrogens is 1. The summed E-state index contributed by atoms with van der Waals surface area (Å²) in [7, 11) is 2.14. The largest absolute Gasteiger partial charge is 0.348 e. The molecule has 2 N–H and O–H groups in total. The van der Waals surface area contributed by atoms with Crippen LogP contribution in [-0.2, 0) is 19.6 Å². The van der Waals surface area contributed by atoms with E-state index in [1.54, 1.807) is 0 Å². The molecule has 0 fully saturated rings. The fourth-order valence-corrected chi connectivity index (χ4v) is 4.40. The molecule has 0 bridgehead atoms. The van der Waals surface area contributed by atoms with Gasteiger partial charge in [-0.25, -0.2) is 4.98 Å². The lowest BCUT2D eigenvalue weighted by Gasteiger charge is -2.24. The summed E-state index contributed by atoms with van der Waals surface area (Å²) in [5, 5.41) is 8.53. The van der Waals surface area contributed by atoms with Gasteiger partial charge in [0.25, 0.3) is 5.91 Å². The molecule has 0 atom stereocenters. The van der Waals surface area contributed by atoms with Gasteiger partial charge in [-0.3, -0.25) is 14.4 Å². The summed E-state index contributed by atoms with van der Waals surface area (Å²) < 4.78 is 2.10. The van der Waals surface area contributed by atoms with E-state index >= 15 is 0 Å². The van der Waals surface area contributed by atoms with E-state index in [2.05, 4.69) is 49.1 Å². The highest BCUT2D eigenvalue weighted by Gasteiger charge is 2.21. The Morgan fingerprint density at radius 2 is 1.97 bits per heavy atom. The molecule has 0 spiro atoms. The third-order valence-electron chi connectivity index (χ3n) is 6.00. The zero-order chi connectivity index (χ0) is 19.5. The van der Waals surface area contributed by atoms with Crippen molar-refractivity contribution >= 4 is 16.9 Å². The number of hydrogen-bond donors (Lipinski definition) is 2. The number of carbonyl (C=O) groups is 1. The molecule has 2 aliphatic rings. The molecule has 6 rings (SSSR count). The standard InChI is InChI=1S/C22H20N6O/c1-27-4-5-28-20(12-27)19(11-26-28)15-7-17-18(10-24-21(17)23-8-15)13-2-3-16-14(6-13)9-25-22(16)29/h2-3,6-8,10-11H,4-5,9,12H2,1H3,(H,23,24)(H,25,29). The Hall–Kier alpha value is -3.45. The van der Waals surface area contributed by atoms with Crippen molar-refractivity contribution in [2.24, 2.45) is 0 Å².